The largest absolute Gasteiger partial charge is 0.506 e. The molecule has 0 aliphatic carbocycles. The van der Waals surface area contributed by atoms with E-state index in [1.54, 1.807) is 0 Å². The van der Waals surface area contributed by atoms with Gasteiger partial charge in [0.25, 0.3) is 5.91 Å². The second-order valence-corrected chi connectivity index (χ2v) is 5.14. The second kappa shape index (κ2) is 9.34. The molecule has 0 fully saturated rings. The molecule has 4 nitrogen and oxygen atoms in total. The third kappa shape index (κ3) is 5.59. The fourth-order valence-corrected chi connectivity index (χ4v) is 2.15. The van der Waals surface area contributed by atoms with Gasteiger partial charge in [-0.15, -0.1) is 0 Å². The summed E-state index contributed by atoms with van der Waals surface area (Å²) in [6.45, 7) is 5.88. The van der Waals surface area contributed by atoms with Crippen molar-refractivity contribution in [1.29, 1.82) is 0 Å². The predicted molar refractivity (Wildman–Crippen MR) is 80.9 cm³/mol. The Labute approximate surface area is 121 Å². The molecule has 1 N–H and O–H groups in total. The van der Waals surface area contributed by atoms with E-state index in [1.165, 1.54) is 18.5 Å². The highest BCUT2D eigenvalue weighted by Crippen LogP contribution is 2.13. The van der Waals surface area contributed by atoms with Crippen LogP contribution in [0.25, 0.3) is 0 Å². The monoisotopic (exact) mass is 278 g/mol. The second-order valence-electron chi connectivity index (χ2n) is 5.14. The van der Waals surface area contributed by atoms with Crippen LogP contribution in [0.15, 0.2) is 18.5 Å². The van der Waals surface area contributed by atoms with Crippen LogP contribution in [-0.4, -0.2) is 34.0 Å². The number of amides is 1. The maximum Gasteiger partial charge on any atom is 0.255 e. The van der Waals surface area contributed by atoms with E-state index in [-0.39, 0.29) is 11.7 Å². The lowest BCUT2D eigenvalue weighted by atomic mass is 10.2. The number of hydrogen-bond donors (Lipinski definition) is 1. The third-order valence-electron chi connectivity index (χ3n) is 3.32. The standard InChI is InChI=1S/C16H26N2O2/c1-3-5-7-9-18(10-8-6-4-2)16(20)14-11-15(19)13-17-12-14/h11-13,19H,3-10H2,1-2H3. The molecule has 0 saturated carbocycles. The van der Waals surface area contributed by atoms with Gasteiger partial charge < -0.3 is 10.0 Å². The molecular formula is C16H26N2O2. The van der Waals surface area contributed by atoms with E-state index < -0.39 is 0 Å². The van der Waals surface area contributed by atoms with E-state index in [9.17, 15) is 9.90 Å². The Kier molecular flexibility index (Phi) is 7.70. The zero-order valence-electron chi connectivity index (χ0n) is 12.6. The van der Waals surface area contributed by atoms with E-state index in [2.05, 4.69) is 18.8 Å². The van der Waals surface area contributed by atoms with Crippen LogP contribution in [0.2, 0.25) is 0 Å². The van der Waals surface area contributed by atoms with Gasteiger partial charge in [0.05, 0.1) is 11.8 Å². The Balaban J connectivity index is 2.66. The van der Waals surface area contributed by atoms with Crippen molar-refractivity contribution < 1.29 is 9.90 Å². The Hall–Kier alpha value is -1.58. The van der Waals surface area contributed by atoms with Crippen molar-refractivity contribution >= 4 is 5.91 Å². The maximum atomic E-state index is 12.5. The first-order valence-corrected chi connectivity index (χ1v) is 7.62. The number of nitrogens with zero attached hydrogens (tertiary/aromatic N) is 2. The zero-order valence-corrected chi connectivity index (χ0v) is 12.6. The van der Waals surface area contributed by atoms with Gasteiger partial charge in [0, 0.05) is 19.3 Å². The van der Waals surface area contributed by atoms with E-state index in [0.29, 0.717) is 5.56 Å². The number of unbranched alkanes of at least 4 members (excludes halogenated alkanes) is 4. The van der Waals surface area contributed by atoms with Gasteiger partial charge in [0.15, 0.2) is 0 Å². The maximum absolute atomic E-state index is 12.5. The fourth-order valence-electron chi connectivity index (χ4n) is 2.15. The molecule has 0 radical (unpaired) electrons. The number of rotatable bonds is 9. The van der Waals surface area contributed by atoms with Gasteiger partial charge in [-0.2, -0.15) is 0 Å². The first-order chi connectivity index (χ1) is 9.69. The van der Waals surface area contributed by atoms with Gasteiger partial charge in [-0.05, 0) is 18.9 Å². The molecule has 1 heterocycles. The highest BCUT2D eigenvalue weighted by Gasteiger charge is 2.15. The molecule has 0 saturated heterocycles. The molecule has 0 bridgehead atoms. The number of carbonyl (C=O) groups excluding carboxylic acids is 1. The summed E-state index contributed by atoms with van der Waals surface area (Å²) in [5.41, 5.74) is 0.470. The number of aromatic nitrogens is 1. The molecule has 20 heavy (non-hydrogen) atoms. The fraction of sp³-hybridized carbons (Fsp3) is 0.625. The van der Waals surface area contributed by atoms with Crippen molar-refractivity contribution in [3.8, 4) is 5.75 Å². The van der Waals surface area contributed by atoms with E-state index in [4.69, 9.17) is 0 Å². The third-order valence-corrected chi connectivity index (χ3v) is 3.32. The average Bonchev–Trinajstić information content (AvgIpc) is 2.45. The lowest BCUT2D eigenvalue weighted by molar-refractivity contribution is 0.0748. The summed E-state index contributed by atoms with van der Waals surface area (Å²) in [5.74, 6) is 0.0125. The van der Waals surface area contributed by atoms with Crippen LogP contribution in [0.3, 0.4) is 0 Å². The normalized spacial score (nSPS) is 10.5. The number of carbonyl (C=O) groups is 1. The zero-order chi connectivity index (χ0) is 14.8. The van der Waals surface area contributed by atoms with E-state index >= 15 is 0 Å². The van der Waals surface area contributed by atoms with Crippen LogP contribution in [0.1, 0.15) is 62.7 Å². The van der Waals surface area contributed by atoms with Gasteiger partial charge in [-0.25, -0.2) is 0 Å². The van der Waals surface area contributed by atoms with Crippen molar-refractivity contribution in [1.82, 2.24) is 9.88 Å². The molecular weight excluding hydrogens is 252 g/mol. The summed E-state index contributed by atoms with van der Waals surface area (Å²) >= 11 is 0. The highest BCUT2D eigenvalue weighted by atomic mass is 16.3. The smallest absolute Gasteiger partial charge is 0.255 e. The summed E-state index contributed by atoms with van der Waals surface area (Å²) in [4.78, 5) is 18.2. The molecule has 0 aromatic carbocycles. The Morgan fingerprint density at radius 1 is 1.10 bits per heavy atom. The van der Waals surface area contributed by atoms with Crippen LogP contribution in [0, 0.1) is 0 Å². The lowest BCUT2D eigenvalue weighted by Crippen LogP contribution is -2.33. The van der Waals surface area contributed by atoms with Gasteiger partial charge in [0.1, 0.15) is 5.75 Å². The van der Waals surface area contributed by atoms with Crippen LogP contribution in [0.5, 0.6) is 5.75 Å². The lowest BCUT2D eigenvalue weighted by Gasteiger charge is -2.22. The Bertz CT molecular complexity index is 397. The van der Waals surface area contributed by atoms with Crippen molar-refractivity contribution in [3.05, 3.63) is 24.0 Å². The summed E-state index contributed by atoms with van der Waals surface area (Å²) in [6, 6.07) is 1.49. The van der Waals surface area contributed by atoms with Gasteiger partial charge in [-0.1, -0.05) is 39.5 Å². The Morgan fingerprint density at radius 3 is 2.20 bits per heavy atom. The molecule has 4 heteroatoms. The Morgan fingerprint density at radius 2 is 1.70 bits per heavy atom. The van der Waals surface area contributed by atoms with Crippen LogP contribution >= 0.6 is 0 Å². The summed E-state index contributed by atoms with van der Waals surface area (Å²) < 4.78 is 0. The van der Waals surface area contributed by atoms with Crippen molar-refractivity contribution in [2.75, 3.05) is 13.1 Å². The first-order valence-electron chi connectivity index (χ1n) is 7.62. The van der Waals surface area contributed by atoms with E-state index in [0.717, 1.165) is 51.6 Å². The minimum atomic E-state index is -0.0272. The summed E-state index contributed by atoms with van der Waals surface area (Å²) in [5, 5.41) is 9.44. The quantitative estimate of drug-likeness (QED) is 0.702. The van der Waals surface area contributed by atoms with Crippen molar-refractivity contribution in [2.24, 2.45) is 0 Å². The molecule has 1 amide bonds. The van der Waals surface area contributed by atoms with Crippen LogP contribution < -0.4 is 0 Å². The molecule has 112 valence electrons. The molecule has 0 spiro atoms. The van der Waals surface area contributed by atoms with Gasteiger partial charge in [0.2, 0.25) is 0 Å². The minimum Gasteiger partial charge on any atom is -0.506 e. The molecule has 1 aromatic rings. The average molecular weight is 278 g/mol. The number of aromatic hydroxyl groups is 1. The first kappa shape index (κ1) is 16.5. The molecule has 0 aliphatic rings. The van der Waals surface area contributed by atoms with Gasteiger partial charge >= 0.3 is 0 Å². The number of pyridine rings is 1. The predicted octanol–water partition coefficient (Wildman–Crippen LogP) is 3.61. The van der Waals surface area contributed by atoms with Crippen LogP contribution in [0.4, 0.5) is 0 Å². The summed E-state index contributed by atoms with van der Waals surface area (Å²) in [6.07, 6.45) is 9.48. The highest BCUT2D eigenvalue weighted by molar-refractivity contribution is 5.94. The molecule has 1 rings (SSSR count). The SMILES string of the molecule is CCCCCN(CCCCC)C(=O)c1cncc(O)c1. The number of hydrogen-bond acceptors (Lipinski definition) is 3. The van der Waals surface area contributed by atoms with Gasteiger partial charge in [-0.3, -0.25) is 9.78 Å². The molecule has 1 aromatic heterocycles. The van der Waals surface area contributed by atoms with Crippen LogP contribution in [-0.2, 0) is 0 Å². The van der Waals surface area contributed by atoms with E-state index in [1.807, 2.05) is 4.90 Å². The van der Waals surface area contributed by atoms with Crippen molar-refractivity contribution in [2.45, 2.75) is 52.4 Å². The topological polar surface area (TPSA) is 53.4 Å². The van der Waals surface area contributed by atoms with Crippen molar-refractivity contribution in [3.63, 3.8) is 0 Å². The summed E-state index contributed by atoms with van der Waals surface area (Å²) in [7, 11) is 0. The molecule has 0 aliphatic heterocycles. The molecule has 0 atom stereocenters. The minimum absolute atomic E-state index is 0.0272. The molecule has 0 unspecified atom stereocenters.